The van der Waals surface area contributed by atoms with Crippen molar-refractivity contribution in [3.05, 3.63) is 81.8 Å². The number of hydrogen-bond donors (Lipinski definition) is 0. The lowest BCUT2D eigenvalue weighted by Gasteiger charge is -2.20. The smallest absolute Gasteiger partial charge is 0.204 e. The molecule has 3 nitrogen and oxygen atoms in total. The molecule has 0 bridgehead atoms. The van der Waals surface area contributed by atoms with E-state index in [9.17, 15) is 14.0 Å². The fraction of sp³-hybridized carbons (Fsp3) is 0.238. The van der Waals surface area contributed by atoms with Gasteiger partial charge in [-0.05, 0) is 48.4 Å². The predicted octanol–water partition coefficient (Wildman–Crippen LogP) is 4.85. The van der Waals surface area contributed by atoms with Crippen LogP contribution in [0.5, 0.6) is 0 Å². The molecule has 0 saturated carbocycles. The lowest BCUT2D eigenvalue weighted by atomic mass is 9.80. The summed E-state index contributed by atoms with van der Waals surface area (Å²) >= 11 is 5.90. The maximum Gasteiger partial charge on any atom is 0.204 e. The second-order valence-electron chi connectivity index (χ2n) is 6.55. The van der Waals surface area contributed by atoms with Crippen molar-refractivity contribution in [2.75, 3.05) is 0 Å². The number of Topliss-reactive ketones (excluding diaryl/α,β-unsaturated/α-hetero) is 2. The molecule has 0 fully saturated rings. The van der Waals surface area contributed by atoms with Crippen LogP contribution in [-0.2, 0) is 9.53 Å². The van der Waals surface area contributed by atoms with E-state index in [-0.39, 0.29) is 17.4 Å². The lowest BCUT2D eigenvalue weighted by molar-refractivity contribution is -0.116. The van der Waals surface area contributed by atoms with Crippen LogP contribution >= 0.6 is 11.6 Å². The second kappa shape index (κ2) is 6.69. The Morgan fingerprint density at radius 1 is 1.04 bits per heavy atom. The number of benzene rings is 2. The summed E-state index contributed by atoms with van der Waals surface area (Å²) in [7, 11) is 0. The van der Waals surface area contributed by atoms with E-state index in [0.29, 0.717) is 40.3 Å². The molecule has 2 aromatic rings. The van der Waals surface area contributed by atoms with E-state index >= 15 is 0 Å². The van der Waals surface area contributed by atoms with Crippen LogP contribution in [0.15, 0.2) is 59.9 Å². The number of halogens is 2. The molecule has 1 aliphatic heterocycles. The van der Waals surface area contributed by atoms with Gasteiger partial charge in [0.05, 0.1) is 5.92 Å². The zero-order valence-corrected chi connectivity index (χ0v) is 14.6. The van der Waals surface area contributed by atoms with Gasteiger partial charge in [-0.1, -0.05) is 23.7 Å². The zero-order valence-electron chi connectivity index (χ0n) is 13.9. The van der Waals surface area contributed by atoms with Crippen LogP contribution in [0.25, 0.3) is 0 Å². The van der Waals surface area contributed by atoms with Gasteiger partial charge in [-0.15, -0.1) is 0 Å². The quantitative estimate of drug-likeness (QED) is 0.725. The predicted molar refractivity (Wildman–Crippen MR) is 95.7 cm³/mol. The minimum atomic E-state index is -0.825. The number of carbonyl (C=O) groups is 2. The SMILES string of the molecule is O=C1CCCC2=C1[C@@H](c1ccc(F)cc1)[C@H](C(=O)c1ccc(Cl)cc1)O2. The van der Waals surface area contributed by atoms with Crippen molar-refractivity contribution in [2.24, 2.45) is 0 Å². The molecule has 2 aromatic carbocycles. The number of carbonyl (C=O) groups excluding carboxylic acids is 2. The Bertz CT molecular complexity index is 900. The van der Waals surface area contributed by atoms with Crippen LogP contribution in [0.2, 0.25) is 5.02 Å². The number of ketones is 2. The first-order valence-corrected chi connectivity index (χ1v) is 8.90. The first-order chi connectivity index (χ1) is 12.5. The van der Waals surface area contributed by atoms with Gasteiger partial charge in [0.1, 0.15) is 11.6 Å². The first-order valence-electron chi connectivity index (χ1n) is 8.53. The summed E-state index contributed by atoms with van der Waals surface area (Å²) in [6, 6.07) is 12.5. The summed E-state index contributed by atoms with van der Waals surface area (Å²) in [4.78, 5) is 25.6. The molecular formula is C21H16ClFO3. The fourth-order valence-corrected chi connectivity index (χ4v) is 3.80. The van der Waals surface area contributed by atoms with E-state index in [2.05, 4.69) is 0 Å². The van der Waals surface area contributed by atoms with Crippen molar-refractivity contribution >= 4 is 23.2 Å². The summed E-state index contributed by atoms with van der Waals surface area (Å²) in [6.07, 6.45) is 0.981. The van der Waals surface area contributed by atoms with Gasteiger partial charge in [-0.3, -0.25) is 9.59 Å². The molecule has 0 radical (unpaired) electrons. The maximum atomic E-state index is 13.4. The molecule has 0 aromatic heterocycles. The summed E-state index contributed by atoms with van der Waals surface area (Å²) in [5.74, 6) is -0.480. The Kier molecular flexibility index (Phi) is 4.37. The van der Waals surface area contributed by atoms with Gasteiger partial charge < -0.3 is 4.74 Å². The highest BCUT2D eigenvalue weighted by atomic mass is 35.5. The zero-order chi connectivity index (χ0) is 18.3. The summed E-state index contributed by atoms with van der Waals surface area (Å²) in [6.45, 7) is 0. The minimum Gasteiger partial charge on any atom is -0.485 e. The topological polar surface area (TPSA) is 43.4 Å². The highest BCUT2D eigenvalue weighted by Gasteiger charge is 2.45. The van der Waals surface area contributed by atoms with Crippen LogP contribution in [0.1, 0.15) is 41.1 Å². The van der Waals surface area contributed by atoms with E-state index in [1.165, 1.54) is 12.1 Å². The highest BCUT2D eigenvalue weighted by Crippen LogP contribution is 2.45. The molecule has 0 amide bonds. The summed E-state index contributed by atoms with van der Waals surface area (Å²) in [5, 5.41) is 0.538. The minimum absolute atomic E-state index is 0.00646. The van der Waals surface area contributed by atoms with Gasteiger partial charge in [0, 0.05) is 29.0 Å². The standard InChI is InChI=1S/C21H16ClFO3/c22-14-8-4-13(5-9-14)20(25)21-18(12-6-10-15(23)11-7-12)19-16(24)2-1-3-17(19)26-21/h4-11,18,21H,1-3H2/t18-,21-/m1/s1. The molecule has 4 rings (SSSR count). The Balaban J connectivity index is 1.76. The third-order valence-corrected chi connectivity index (χ3v) is 5.16. The number of allylic oxidation sites excluding steroid dienone is 1. The molecule has 2 atom stereocenters. The van der Waals surface area contributed by atoms with E-state index < -0.39 is 12.0 Å². The van der Waals surface area contributed by atoms with Crippen molar-refractivity contribution in [3.63, 3.8) is 0 Å². The van der Waals surface area contributed by atoms with E-state index in [0.717, 1.165) is 6.42 Å². The number of ether oxygens (including phenoxy) is 1. The molecular weight excluding hydrogens is 355 g/mol. The Labute approximate surface area is 155 Å². The van der Waals surface area contributed by atoms with Crippen molar-refractivity contribution in [1.82, 2.24) is 0 Å². The van der Waals surface area contributed by atoms with Gasteiger partial charge >= 0.3 is 0 Å². The summed E-state index contributed by atoms with van der Waals surface area (Å²) in [5.41, 5.74) is 1.74. The molecule has 0 saturated heterocycles. The molecule has 5 heteroatoms. The molecule has 2 aliphatic rings. The van der Waals surface area contributed by atoms with Gasteiger partial charge in [-0.2, -0.15) is 0 Å². The van der Waals surface area contributed by atoms with Crippen LogP contribution < -0.4 is 0 Å². The first kappa shape index (κ1) is 17.0. The average Bonchev–Trinajstić information content (AvgIpc) is 3.03. The van der Waals surface area contributed by atoms with Gasteiger partial charge in [0.15, 0.2) is 11.9 Å². The van der Waals surface area contributed by atoms with Crippen molar-refractivity contribution in [3.8, 4) is 0 Å². The molecule has 1 heterocycles. The van der Waals surface area contributed by atoms with Crippen molar-refractivity contribution < 1.29 is 18.7 Å². The molecule has 132 valence electrons. The third kappa shape index (κ3) is 2.95. The van der Waals surface area contributed by atoms with E-state index in [1.807, 2.05) is 0 Å². The van der Waals surface area contributed by atoms with Gasteiger partial charge in [0.2, 0.25) is 5.78 Å². The Morgan fingerprint density at radius 3 is 2.42 bits per heavy atom. The normalized spacial score (nSPS) is 22.2. The highest BCUT2D eigenvalue weighted by molar-refractivity contribution is 6.30. The molecule has 0 unspecified atom stereocenters. The van der Waals surface area contributed by atoms with Crippen LogP contribution in [0.3, 0.4) is 0 Å². The number of hydrogen-bond acceptors (Lipinski definition) is 3. The summed E-state index contributed by atoms with van der Waals surface area (Å²) < 4.78 is 19.3. The van der Waals surface area contributed by atoms with Gasteiger partial charge in [-0.25, -0.2) is 4.39 Å². The molecule has 1 aliphatic carbocycles. The van der Waals surface area contributed by atoms with Crippen molar-refractivity contribution in [1.29, 1.82) is 0 Å². The lowest BCUT2D eigenvalue weighted by Crippen LogP contribution is -2.28. The molecule has 0 spiro atoms. The van der Waals surface area contributed by atoms with E-state index in [1.54, 1.807) is 36.4 Å². The van der Waals surface area contributed by atoms with Crippen molar-refractivity contribution in [2.45, 2.75) is 31.3 Å². The Morgan fingerprint density at radius 2 is 1.73 bits per heavy atom. The molecule has 0 N–H and O–H groups in total. The third-order valence-electron chi connectivity index (χ3n) is 4.91. The van der Waals surface area contributed by atoms with Crippen LogP contribution in [0.4, 0.5) is 4.39 Å². The average molecular weight is 371 g/mol. The fourth-order valence-electron chi connectivity index (χ4n) is 3.67. The van der Waals surface area contributed by atoms with Crippen LogP contribution in [-0.4, -0.2) is 17.7 Å². The molecule has 26 heavy (non-hydrogen) atoms. The van der Waals surface area contributed by atoms with Crippen LogP contribution in [0, 0.1) is 5.82 Å². The monoisotopic (exact) mass is 370 g/mol. The second-order valence-corrected chi connectivity index (χ2v) is 6.99. The number of rotatable bonds is 3. The largest absolute Gasteiger partial charge is 0.485 e. The maximum absolute atomic E-state index is 13.4. The van der Waals surface area contributed by atoms with Gasteiger partial charge in [0.25, 0.3) is 0 Å². The van der Waals surface area contributed by atoms with E-state index in [4.69, 9.17) is 16.3 Å². The Hall–Kier alpha value is -2.46.